The van der Waals surface area contributed by atoms with Gasteiger partial charge in [-0.15, -0.1) is 0 Å². The summed E-state index contributed by atoms with van der Waals surface area (Å²) < 4.78 is 0. The summed E-state index contributed by atoms with van der Waals surface area (Å²) >= 11 is 0. The molecule has 0 spiro atoms. The molecule has 0 saturated heterocycles. The van der Waals surface area contributed by atoms with E-state index < -0.39 is 5.97 Å². The first kappa shape index (κ1) is 10.1. The third kappa shape index (κ3) is 2.33. The van der Waals surface area contributed by atoms with Gasteiger partial charge in [-0.05, 0) is 25.6 Å². The molecule has 0 amide bonds. The lowest BCUT2D eigenvalue weighted by Gasteiger charge is -2.15. The zero-order valence-electron chi connectivity index (χ0n) is 8.63. The highest BCUT2D eigenvalue weighted by Crippen LogP contribution is 2.35. The standard InChI is InChI=1S/C11H14N2O2/c1-13(10-6-9(10)11(14)15)7-8-4-2-3-5-12-8/h2-5,9-10H,6-7H2,1H3,(H,14,15). The van der Waals surface area contributed by atoms with E-state index in [2.05, 4.69) is 9.88 Å². The van der Waals surface area contributed by atoms with Crippen molar-refractivity contribution in [1.82, 2.24) is 9.88 Å². The quantitative estimate of drug-likeness (QED) is 0.798. The molecule has 1 aliphatic carbocycles. The van der Waals surface area contributed by atoms with E-state index in [9.17, 15) is 4.79 Å². The molecule has 2 atom stereocenters. The van der Waals surface area contributed by atoms with Crippen LogP contribution in [-0.4, -0.2) is 34.0 Å². The van der Waals surface area contributed by atoms with Crippen molar-refractivity contribution in [1.29, 1.82) is 0 Å². The third-order valence-electron chi connectivity index (χ3n) is 2.78. The predicted molar refractivity (Wildman–Crippen MR) is 55.2 cm³/mol. The largest absolute Gasteiger partial charge is 0.481 e. The normalized spacial score (nSPS) is 24.1. The van der Waals surface area contributed by atoms with Gasteiger partial charge in [-0.25, -0.2) is 0 Å². The van der Waals surface area contributed by atoms with Crippen LogP contribution in [0.2, 0.25) is 0 Å². The molecule has 1 fully saturated rings. The van der Waals surface area contributed by atoms with E-state index in [1.807, 2.05) is 25.2 Å². The van der Waals surface area contributed by atoms with Crippen LogP contribution < -0.4 is 0 Å². The molecule has 2 unspecified atom stereocenters. The van der Waals surface area contributed by atoms with E-state index in [0.717, 1.165) is 18.7 Å². The van der Waals surface area contributed by atoms with Gasteiger partial charge in [-0.3, -0.25) is 14.7 Å². The van der Waals surface area contributed by atoms with Crippen LogP contribution in [0.5, 0.6) is 0 Å². The van der Waals surface area contributed by atoms with E-state index in [-0.39, 0.29) is 12.0 Å². The van der Waals surface area contributed by atoms with Gasteiger partial charge >= 0.3 is 5.97 Å². The van der Waals surface area contributed by atoms with Crippen molar-refractivity contribution >= 4 is 5.97 Å². The van der Waals surface area contributed by atoms with E-state index in [1.165, 1.54) is 0 Å². The number of pyridine rings is 1. The van der Waals surface area contributed by atoms with Crippen LogP contribution in [-0.2, 0) is 11.3 Å². The van der Waals surface area contributed by atoms with Gasteiger partial charge in [0.2, 0.25) is 0 Å². The maximum atomic E-state index is 10.7. The maximum Gasteiger partial charge on any atom is 0.308 e. The van der Waals surface area contributed by atoms with E-state index in [4.69, 9.17) is 5.11 Å². The lowest BCUT2D eigenvalue weighted by Crippen LogP contribution is -2.24. The lowest BCUT2D eigenvalue weighted by molar-refractivity contribution is -0.138. The number of aromatic nitrogens is 1. The first-order valence-corrected chi connectivity index (χ1v) is 5.01. The second-order valence-corrected chi connectivity index (χ2v) is 3.98. The zero-order valence-corrected chi connectivity index (χ0v) is 8.63. The maximum absolute atomic E-state index is 10.7. The van der Waals surface area contributed by atoms with E-state index >= 15 is 0 Å². The molecule has 1 saturated carbocycles. The fourth-order valence-corrected chi connectivity index (χ4v) is 1.80. The molecule has 4 nitrogen and oxygen atoms in total. The van der Waals surface area contributed by atoms with Gasteiger partial charge in [-0.1, -0.05) is 6.07 Å². The van der Waals surface area contributed by atoms with Crippen molar-refractivity contribution in [2.75, 3.05) is 7.05 Å². The minimum Gasteiger partial charge on any atom is -0.481 e. The third-order valence-corrected chi connectivity index (χ3v) is 2.78. The van der Waals surface area contributed by atoms with Gasteiger partial charge in [0.15, 0.2) is 0 Å². The molecule has 4 heteroatoms. The van der Waals surface area contributed by atoms with Gasteiger partial charge in [0, 0.05) is 18.8 Å². The molecule has 0 bridgehead atoms. The van der Waals surface area contributed by atoms with Gasteiger partial charge in [0.25, 0.3) is 0 Å². The Hall–Kier alpha value is -1.42. The van der Waals surface area contributed by atoms with Crippen molar-refractivity contribution in [3.63, 3.8) is 0 Å². The Bertz CT molecular complexity index is 353. The summed E-state index contributed by atoms with van der Waals surface area (Å²) in [5.74, 6) is -0.869. The van der Waals surface area contributed by atoms with E-state index in [1.54, 1.807) is 6.20 Å². The number of rotatable bonds is 4. The topological polar surface area (TPSA) is 53.4 Å². The van der Waals surface area contributed by atoms with Crippen molar-refractivity contribution in [2.45, 2.75) is 19.0 Å². The van der Waals surface area contributed by atoms with Crippen molar-refractivity contribution in [3.8, 4) is 0 Å². The summed E-state index contributed by atoms with van der Waals surface area (Å²) in [6.45, 7) is 0.718. The molecule has 1 heterocycles. The minimum atomic E-state index is -0.687. The Labute approximate surface area is 88.6 Å². The Balaban J connectivity index is 1.89. The number of aliphatic carboxylic acids is 1. The molecule has 80 valence electrons. The number of carbonyl (C=O) groups is 1. The summed E-state index contributed by atoms with van der Waals surface area (Å²) in [5, 5.41) is 8.80. The molecule has 15 heavy (non-hydrogen) atoms. The van der Waals surface area contributed by atoms with Crippen molar-refractivity contribution in [2.24, 2.45) is 5.92 Å². The first-order chi connectivity index (χ1) is 7.18. The molecule has 1 aromatic rings. The van der Waals surface area contributed by atoms with Crippen LogP contribution in [0.15, 0.2) is 24.4 Å². The van der Waals surface area contributed by atoms with Crippen LogP contribution >= 0.6 is 0 Å². The van der Waals surface area contributed by atoms with Gasteiger partial charge < -0.3 is 5.11 Å². The fourth-order valence-electron chi connectivity index (χ4n) is 1.80. The Morgan fingerprint density at radius 1 is 1.67 bits per heavy atom. The fraction of sp³-hybridized carbons (Fsp3) is 0.455. The number of nitrogens with zero attached hydrogens (tertiary/aromatic N) is 2. The molecule has 0 aromatic carbocycles. The summed E-state index contributed by atoms with van der Waals surface area (Å²) in [7, 11) is 1.95. The average Bonchev–Trinajstić information content (AvgIpc) is 2.98. The second-order valence-electron chi connectivity index (χ2n) is 3.98. The Morgan fingerprint density at radius 2 is 2.47 bits per heavy atom. The van der Waals surface area contributed by atoms with Gasteiger partial charge in [0.05, 0.1) is 11.6 Å². The number of carboxylic acid groups (broad SMARTS) is 1. The van der Waals surface area contributed by atoms with Crippen LogP contribution in [0.1, 0.15) is 12.1 Å². The number of carboxylic acids is 1. The SMILES string of the molecule is CN(Cc1ccccn1)C1CC1C(=O)O. The number of hydrogen-bond donors (Lipinski definition) is 1. The summed E-state index contributed by atoms with van der Waals surface area (Å²) in [6, 6.07) is 5.96. The van der Waals surface area contributed by atoms with E-state index in [0.29, 0.717) is 0 Å². The Kier molecular flexibility index (Phi) is 2.68. The monoisotopic (exact) mass is 206 g/mol. The highest BCUT2D eigenvalue weighted by atomic mass is 16.4. The van der Waals surface area contributed by atoms with Crippen LogP contribution in [0, 0.1) is 5.92 Å². The number of hydrogen-bond acceptors (Lipinski definition) is 3. The first-order valence-electron chi connectivity index (χ1n) is 5.01. The average molecular weight is 206 g/mol. The highest BCUT2D eigenvalue weighted by Gasteiger charge is 2.45. The lowest BCUT2D eigenvalue weighted by atomic mass is 10.3. The molecule has 1 aliphatic rings. The van der Waals surface area contributed by atoms with Crippen molar-refractivity contribution in [3.05, 3.63) is 30.1 Å². The minimum absolute atomic E-state index is 0.182. The van der Waals surface area contributed by atoms with Crippen LogP contribution in [0.25, 0.3) is 0 Å². The molecule has 0 aliphatic heterocycles. The molecule has 1 N–H and O–H groups in total. The Morgan fingerprint density at radius 3 is 3.00 bits per heavy atom. The predicted octanol–water partition coefficient (Wildman–Crippen LogP) is 0.986. The highest BCUT2D eigenvalue weighted by molar-refractivity contribution is 5.74. The summed E-state index contributed by atoms with van der Waals surface area (Å²) in [6.07, 6.45) is 2.52. The van der Waals surface area contributed by atoms with Gasteiger partial charge in [0.1, 0.15) is 0 Å². The summed E-state index contributed by atoms with van der Waals surface area (Å²) in [5.41, 5.74) is 0.982. The van der Waals surface area contributed by atoms with Crippen molar-refractivity contribution < 1.29 is 9.90 Å². The second kappa shape index (κ2) is 3.98. The molecule has 0 radical (unpaired) electrons. The molecule has 2 rings (SSSR count). The van der Waals surface area contributed by atoms with Gasteiger partial charge in [-0.2, -0.15) is 0 Å². The zero-order chi connectivity index (χ0) is 10.8. The van der Waals surface area contributed by atoms with Crippen LogP contribution in [0.4, 0.5) is 0 Å². The molecule has 1 aromatic heterocycles. The smallest absolute Gasteiger partial charge is 0.308 e. The molecular weight excluding hydrogens is 192 g/mol. The molecular formula is C11H14N2O2. The summed E-state index contributed by atoms with van der Waals surface area (Å²) in [4.78, 5) is 17.0. The van der Waals surface area contributed by atoms with Crippen LogP contribution in [0.3, 0.4) is 0 Å².